The second-order valence-corrected chi connectivity index (χ2v) is 7.23. The van der Waals surface area contributed by atoms with E-state index in [1.807, 2.05) is 30.3 Å². The lowest BCUT2D eigenvalue weighted by Crippen LogP contribution is -2.42. The third kappa shape index (κ3) is 5.81. The van der Waals surface area contributed by atoms with Crippen molar-refractivity contribution in [1.29, 1.82) is 0 Å². The third-order valence-corrected chi connectivity index (χ3v) is 4.69. The smallest absolute Gasteiger partial charge is 0.315 e. The van der Waals surface area contributed by atoms with Crippen molar-refractivity contribution in [2.45, 2.75) is 6.54 Å². The van der Waals surface area contributed by atoms with Crippen LogP contribution in [0.1, 0.15) is 5.82 Å². The summed E-state index contributed by atoms with van der Waals surface area (Å²) in [6.45, 7) is 0.425. The van der Waals surface area contributed by atoms with Crippen molar-refractivity contribution in [3.8, 4) is 11.4 Å². The van der Waals surface area contributed by atoms with Crippen molar-refractivity contribution >= 4 is 16.2 Å². The van der Waals surface area contributed by atoms with E-state index in [1.54, 1.807) is 0 Å². The molecule has 0 aliphatic carbocycles. The van der Waals surface area contributed by atoms with Gasteiger partial charge < -0.3 is 10.6 Å². The number of hydrogen-bond donors (Lipinski definition) is 4. The van der Waals surface area contributed by atoms with Gasteiger partial charge in [-0.15, -0.1) is 0 Å². The van der Waals surface area contributed by atoms with Crippen LogP contribution in [0.15, 0.2) is 30.3 Å². The quantitative estimate of drug-likeness (QED) is 0.474. The Hall–Kier alpha value is -2.50. The molecule has 0 fully saturated rings. The van der Waals surface area contributed by atoms with Crippen LogP contribution in [0.5, 0.6) is 0 Å². The third-order valence-electron chi connectivity index (χ3n) is 3.16. The fraction of sp³-hybridized carbons (Fsp3) is 0.357. The Bertz CT molecular complexity index is 790. The van der Waals surface area contributed by atoms with E-state index in [4.69, 9.17) is 0 Å². The van der Waals surface area contributed by atoms with E-state index < -0.39 is 16.2 Å². The second kappa shape index (κ2) is 8.55. The normalized spacial score (nSPS) is 11.5. The highest BCUT2D eigenvalue weighted by Gasteiger charge is 2.12. The molecule has 2 amide bonds. The van der Waals surface area contributed by atoms with E-state index in [0.717, 1.165) is 9.87 Å². The van der Waals surface area contributed by atoms with Gasteiger partial charge in [0.1, 0.15) is 5.82 Å². The van der Waals surface area contributed by atoms with Gasteiger partial charge in [0.15, 0.2) is 5.82 Å². The molecule has 0 saturated heterocycles. The number of urea groups is 1. The number of amides is 2. The zero-order valence-electron chi connectivity index (χ0n) is 14.0. The van der Waals surface area contributed by atoms with Gasteiger partial charge in [0.2, 0.25) is 0 Å². The van der Waals surface area contributed by atoms with Crippen molar-refractivity contribution in [3.05, 3.63) is 36.2 Å². The van der Waals surface area contributed by atoms with Crippen LogP contribution in [0.25, 0.3) is 11.4 Å². The van der Waals surface area contributed by atoms with Crippen molar-refractivity contribution in [2.24, 2.45) is 0 Å². The van der Waals surface area contributed by atoms with E-state index in [-0.39, 0.29) is 19.6 Å². The summed E-state index contributed by atoms with van der Waals surface area (Å²) in [5.41, 5.74) is 0.877. The number of aromatic nitrogens is 3. The Morgan fingerprint density at radius 1 is 1.16 bits per heavy atom. The number of nitrogens with one attached hydrogen (secondary N) is 4. The van der Waals surface area contributed by atoms with E-state index in [2.05, 4.69) is 30.5 Å². The molecular formula is C14H21N7O3S. The lowest BCUT2D eigenvalue weighted by atomic mass is 10.2. The predicted molar refractivity (Wildman–Crippen MR) is 92.7 cm³/mol. The first-order valence-corrected chi connectivity index (χ1v) is 8.98. The van der Waals surface area contributed by atoms with Crippen LogP contribution in [0, 0.1) is 0 Å². The van der Waals surface area contributed by atoms with E-state index >= 15 is 0 Å². The second-order valence-electron chi connectivity index (χ2n) is 5.26. The summed E-state index contributed by atoms with van der Waals surface area (Å²) < 4.78 is 26.3. The fourth-order valence-corrected chi connectivity index (χ4v) is 2.42. The average molecular weight is 367 g/mol. The van der Waals surface area contributed by atoms with Gasteiger partial charge in [-0.1, -0.05) is 30.3 Å². The van der Waals surface area contributed by atoms with Gasteiger partial charge in [0.25, 0.3) is 10.2 Å². The van der Waals surface area contributed by atoms with E-state index in [9.17, 15) is 13.2 Å². The van der Waals surface area contributed by atoms with Gasteiger partial charge in [-0.05, 0) is 0 Å². The maximum Gasteiger partial charge on any atom is 0.315 e. The summed E-state index contributed by atoms with van der Waals surface area (Å²) in [7, 11) is -0.646. The Morgan fingerprint density at radius 3 is 2.56 bits per heavy atom. The van der Waals surface area contributed by atoms with Crippen molar-refractivity contribution in [2.75, 3.05) is 27.2 Å². The minimum Gasteiger partial charge on any atom is -0.337 e. The van der Waals surface area contributed by atoms with Crippen LogP contribution >= 0.6 is 0 Å². The van der Waals surface area contributed by atoms with Crippen LogP contribution in [0.2, 0.25) is 0 Å². The molecule has 4 N–H and O–H groups in total. The molecule has 0 saturated carbocycles. The summed E-state index contributed by atoms with van der Waals surface area (Å²) in [6.07, 6.45) is 0. The molecule has 10 nitrogen and oxygen atoms in total. The average Bonchev–Trinajstić information content (AvgIpc) is 3.06. The van der Waals surface area contributed by atoms with Crippen molar-refractivity contribution < 1.29 is 13.2 Å². The maximum atomic E-state index is 11.7. The molecule has 1 heterocycles. The number of rotatable bonds is 8. The predicted octanol–water partition coefficient (Wildman–Crippen LogP) is -0.333. The molecule has 2 rings (SSSR count). The molecule has 0 bridgehead atoms. The number of carbonyl (C=O) groups is 1. The topological polar surface area (TPSA) is 132 Å². The Morgan fingerprint density at radius 2 is 1.88 bits per heavy atom. The minimum atomic E-state index is -3.49. The summed E-state index contributed by atoms with van der Waals surface area (Å²) in [5, 5.41) is 12.0. The van der Waals surface area contributed by atoms with Crippen LogP contribution in [-0.4, -0.2) is 61.1 Å². The van der Waals surface area contributed by atoms with Gasteiger partial charge in [0, 0.05) is 32.7 Å². The SMILES string of the molecule is CN(C)S(=O)(=O)NCCNC(=O)NCc1nc(-c2ccccc2)n[nH]1. The number of aromatic amines is 1. The first-order chi connectivity index (χ1) is 11.9. The summed E-state index contributed by atoms with van der Waals surface area (Å²) in [4.78, 5) is 16.0. The lowest BCUT2D eigenvalue weighted by molar-refractivity contribution is 0.240. The molecular weight excluding hydrogens is 346 g/mol. The molecule has 0 spiro atoms. The van der Waals surface area contributed by atoms with E-state index in [1.165, 1.54) is 14.1 Å². The van der Waals surface area contributed by atoms with Gasteiger partial charge in [-0.3, -0.25) is 5.10 Å². The van der Waals surface area contributed by atoms with Crippen LogP contribution in [0.4, 0.5) is 4.79 Å². The Balaban J connectivity index is 1.71. The van der Waals surface area contributed by atoms with Crippen LogP contribution < -0.4 is 15.4 Å². The highest BCUT2D eigenvalue weighted by molar-refractivity contribution is 7.87. The first-order valence-electron chi connectivity index (χ1n) is 7.54. The van der Waals surface area contributed by atoms with Crippen molar-refractivity contribution in [1.82, 2.24) is 34.8 Å². The highest BCUT2D eigenvalue weighted by Crippen LogP contribution is 2.12. The van der Waals surface area contributed by atoms with Gasteiger partial charge in [-0.2, -0.15) is 17.8 Å². The Kier molecular flexibility index (Phi) is 6.44. The molecule has 136 valence electrons. The van der Waals surface area contributed by atoms with Crippen LogP contribution in [-0.2, 0) is 16.8 Å². The lowest BCUT2D eigenvalue weighted by Gasteiger charge is -2.12. The van der Waals surface area contributed by atoms with E-state index in [0.29, 0.717) is 11.6 Å². The fourth-order valence-electron chi connectivity index (χ4n) is 1.80. The molecule has 1 aromatic heterocycles. The van der Waals surface area contributed by atoms with Gasteiger partial charge >= 0.3 is 6.03 Å². The molecule has 0 aliphatic rings. The number of benzene rings is 1. The number of hydrogen-bond acceptors (Lipinski definition) is 5. The molecule has 0 radical (unpaired) electrons. The molecule has 0 unspecified atom stereocenters. The summed E-state index contributed by atoms with van der Waals surface area (Å²) >= 11 is 0. The van der Waals surface area contributed by atoms with Crippen molar-refractivity contribution in [3.63, 3.8) is 0 Å². The number of nitrogens with zero attached hydrogens (tertiary/aromatic N) is 3. The molecule has 2 aromatic rings. The molecule has 25 heavy (non-hydrogen) atoms. The molecule has 11 heteroatoms. The van der Waals surface area contributed by atoms with Crippen LogP contribution in [0.3, 0.4) is 0 Å². The standard InChI is InChI=1S/C14H21N7O3S/c1-21(2)25(23,24)17-9-8-15-14(22)16-10-12-18-13(20-19-12)11-6-4-3-5-7-11/h3-7,17H,8-10H2,1-2H3,(H2,15,16,22)(H,18,19,20). The first kappa shape index (κ1) is 18.8. The minimum absolute atomic E-state index is 0.0917. The number of carbonyl (C=O) groups excluding carboxylic acids is 1. The van der Waals surface area contributed by atoms with Gasteiger partial charge in [0.05, 0.1) is 6.54 Å². The summed E-state index contributed by atoms with van der Waals surface area (Å²) in [6, 6.07) is 9.04. The largest absolute Gasteiger partial charge is 0.337 e. The zero-order valence-corrected chi connectivity index (χ0v) is 14.8. The molecule has 0 aliphatic heterocycles. The monoisotopic (exact) mass is 367 g/mol. The maximum absolute atomic E-state index is 11.7. The molecule has 0 atom stereocenters. The Labute approximate surface area is 146 Å². The highest BCUT2D eigenvalue weighted by atomic mass is 32.2. The molecule has 1 aromatic carbocycles. The summed E-state index contributed by atoms with van der Waals surface area (Å²) in [5.74, 6) is 1.07. The number of H-pyrrole nitrogens is 1. The van der Waals surface area contributed by atoms with Gasteiger partial charge in [-0.25, -0.2) is 14.5 Å². The zero-order chi connectivity index (χ0) is 18.3.